The van der Waals surface area contributed by atoms with Crippen LogP contribution in [0.15, 0.2) is 0 Å². The summed E-state index contributed by atoms with van der Waals surface area (Å²) in [6.07, 6.45) is 1.05. The number of hydrogen-bond acceptors (Lipinski definition) is 5. The Hall–Kier alpha value is 0.532. The van der Waals surface area contributed by atoms with Crippen LogP contribution in [0.25, 0.3) is 0 Å². The second-order valence-corrected chi connectivity index (χ2v) is 2.84. The molecule has 0 N–H and O–H groups in total. The first-order valence-corrected chi connectivity index (χ1v) is 4.54. The van der Waals surface area contributed by atoms with Gasteiger partial charge in [-0.15, -0.1) is 0 Å². The molecule has 17 heavy (non-hydrogen) atoms. The van der Waals surface area contributed by atoms with E-state index in [1.165, 1.54) is 0 Å². The second-order valence-electron chi connectivity index (χ2n) is 2.84. The van der Waals surface area contributed by atoms with Crippen molar-refractivity contribution in [1.29, 1.82) is 0 Å². The topological polar surface area (TPSA) is 103 Å². The number of carbonyl (C=O) groups is 2. The Morgan fingerprint density at radius 1 is 0.882 bits per heavy atom. The van der Waals surface area contributed by atoms with Crippen LogP contribution in [0.4, 0.5) is 4.79 Å². The fourth-order valence-corrected chi connectivity index (χ4v) is 1.08. The van der Waals surface area contributed by atoms with Gasteiger partial charge in [0.05, 0.1) is 0 Å². The fraction of sp³-hybridized carbons (Fsp3) is 0.778. The first kappa shape index (κ1) is 30.5. The molecule has 0 fully saturated rings. The van der Waals surface area contributed by atoms with Crippen molar-refractivity contribution in [2.45, 2.75) is 39.5 Å². The molecule has 0 rings (SSSR count). The van der Waals surface area contributed by atoms with Crippen molar-refractivity contribution in [3.05, 3.63) is 0 Å². The Balaban J connectivity index is -0.0000000607. The number of carboxylic acid groups (broad SMARTS) is 3. The third kappa shape index (κ3) is 31.5. The van der Waals surface area contributed by atoms with Crippen LogP contribution in [-0.4, -0.2) is 12.1 Å². The van der Waals surface area contributed by atoms with Crippen molar-refractivity contribution in [2.75, 3.05) is 0 Å². The Bertz CT molecular complexity index is 168. The van der Waals surface area contributed by atoms with Crippen LogP contribution in [0.2, 0.25) is 0 Å². The summed E-state index contributed by atoms with van der Waals surface area (Å²) < 4.78 is 0. The molecule has 0 saturated carbocycles. The van der Waals surface area contributed by atoms with Gasteiger partial charge in [0.2, 0.25) is 0 Å². The van der Waals surface area contributed by atoms with Gasteiger partial charge < -0.3 is 24.9 Å². The largest absolute Gasteiger partial charge is 1.00 e. The summed E-state index contributed by atoms with van der Waals surface area (Å²) in [6.45, 7) is 3.98. The third-order valence-electron chi connectivity index (χ3n) is 1.61. The Morgan fingerprint density at radius 2 is 1.12 bits per heavy atom. The van der Waals surface area contributed by atoms with E-state index in [2.05, 4.69) is 0 Å². The van der Waals surface area contributed by atoms with Gasteiger partial charge in [-0.3, -0.25) is 0 Å². The number of rotatable bonds is 5. The standard InChI is InChI=1S/C8H16O2.CH2O3.3Li/c1-3-5-7(6-4-2)8(9)10;2-1(3)4;;;/h7H,3-6H2,1-2H3,(H,9,10);(H2,2,3,4);;;/q;;3*+1/p-3. The molecule has 84 valence electrons. The van der Waals surface area contributed by atoms with Gasteiger partial charge in [0.25, 0.3) is 0 Å². The molecule has 0 spiro atoms. The minimum absolute atomic E-state index is 0. The summed E-state index contributed by atoms with van der Waals surface area (Å²) in [5.74, 6) is -1.10. The van der Waals surface area contributed by atoms with Crippen LogP contribution in [0.3, 0.4) is 0 Å². The Labute approximate surface area is 138 Å². The number of aliphatic carboxylic acids is 1. The van der Waals surface area contributed by atoms with Gasteiger partial charge >= 0.3 is 56.6 Å². The normalized spacial score (nSPS) is 7.47. The molecule has 0 aromatic heterocycles. The summed E-state index contributed by atoms with van der Waals surface area (Å²) >= 11 is 0. The average molecular weight is 224 g/mol. The zero-order valence-corrected chi connectivity index (χ0v) is 11.4. The molecule has 0 heterocycles. The van der Waals surface area contributed by atoms with Gasteiger partial charge in [-0.05, 0) is 24.9 Å². The minimum atomic E-state index is -2.33. The maximum absolute atomic E-state index is 10.4. The van der Waals surface area contributed by atoms with Gasteiger partial charge in [0.15, 0.2) is 0 Å². The molecule has 0 saturated heterocycles. The molecule has 0 unspecified atom stereocenters. The zero-order valence-electron chi connectivity index (χ0n) is 11.4. The third-order valence-corrected chi connectivity index (χ3v) is 1.61. The van der Waals surface area contributed by atoms with Crippen LogP contribution in [-0.2, 0) is 4.79 Å². The first-order chi connectivity index (χ1) is 6.45. The maximum atomic E-state index is 10.4. The quantitative estimate of drug-likeness (QED) is 0.431. The van der Waals surface area contributed by atoms with Crippen LogP contribution >= 0.6 is 0 Å². The molecule has 0 aromatic carbocycles. The molecule has 0 amide bonds. The van der Waals surface area contributed by atoms with E-state index >= 15 is 0 Å². The van der Waals surface area contributed by atoms with E-state index in [0.29, 0.717) is 0 Å². The molecule has 0 aliphatic heterocycles. The summed E-state index contributed by atoms with van der Waals surface area (Å²) in [6, 6.07) is 0. The smallest absolute Gasteiger partial charge is 0.652 e. The van der Waals surface area contributed by atoms with E-state index in [4.69, 9.17) is 15.0 Å². The van der Waals surface area contributed by atoms with E-state index in [1.807, 2.05) is 13.8 Å². The van der Waals surface area contributed by atoms with Crippen molar-refractivity contribution in [3.63, 3.8) is 0 Å². The molecule has 0 radical (unpaired) electrons. The van der Waals surface area contributed by atoms with E-state index in [9.17, 15) is 9.90 Å². The Kier molecular flexibility index (Phi) is 39.1. The predicted octanol–water partition coefficient (Wildman–Crippen LogP) is -10.5. The molecule has 0 aliphatic carbocycles. The summed E-state index contributed by atoms with van der Waals surface area (Å²) in [5, 5.41) is 27.0. The number of carboxylic acids is 1. The van der Waals surface area contributed by atoms with Crippen molar-refractivity contribution in [3.8, 4) is 0 Å². The van der Waals surface area contributed by atoms with E-state index in [0.717, 1.165) is 25.7 Å². The van der Waals surface area contributed by atoms with Crippen LogP contribution in [0.5, 0.6) is 0 Å². The molecule has 0 aliphatic rings. The van der Waals surface area contributed by atoms with Crippen molar-refractivity contribution in [2.24, 2.45) is 5.92 Å². The van der Waals surface area contributed by atoms with Crippen molar-refractivity contribution < 1.29 is 81.5 Å². The van der Waals surface area contributed by atoms with Gasteiger partial charge in [-0.1, -0.05) is 26.7 Å². The van der Waals surface area contributed by atoms with E-state index < -0.39 is 12.1 Å². The van der Waals surface area contributed by atoms with Gasteiger partial charge in [0, 0.05) is 5.97 Å². The van der Waals surface area contributed by atoms with Crippen LogP contribution in [0.1, 0.15) is 39.5 Å². The van der Waals surface area contributed by atoms with Gasteiger partial charge in [-0.2, -0.15) is 0 Å². The molecule has 5 nitrogen and oxygen atoms in total. The van der Waals surface area contributed by atoms with E-state index in [1.54, 1.807) is 0 Å². The zero-order chi connectivity index (χ0) is 11.6. The number of hydrogen-bond donors (Lipinski definition) is 0. The van der Waals surface area contributed by atoms with Crippen LogP contribution < -0.4 is 71.9 Å². The monoisotopic (exact) mass is 224 g/mol. The Morgan fingerprint density at radius 3 is 1.24 bits per heavy atom. The van der Waals surface area contributed by atoms with Crippen LogP contribution in [0, 0.1) is 5.92 Å². The SMILES string of the molecule is CCCC(CCC)C(=O)[O-].O=C([O-])[O-].[Li+].[Li+].[Li+]. The van der Waals surface area contributed by atoms with Gasteiger partial charge in [-0.25, -0.2) is 0 Å². The molecular formula is C9H15Li3O5. The van der Waals surface area contributed by atoms with Crippen molar-refractivity contribution >= 4 is 12.1 Å². The fourth-order valence-electron chi connectivity index (χ4n) is 1.08. The summed E-state index contributed by atoms with van der Waals surface area (Å²) in [4.78, 5) is 18.7. The number of carbonyl (C=O) groups excluding carboxylic acids is 2. The van der Waals surface area contributed by atoms with Crippen molar-refractivity contribution in [1.82, 2.24) is 0 Å². The van der Waals surface area contributed by atoms with Gasteiger partial charge in [0.1, 0.15) is 0 Å². The average Bonchev–Trinajstić information content (AvgIpc) is 2.02. The second kappa shape index (κ2) is 21.8. The molecule has 0 atom stereocenters. The first-order valence-electron chi connectivity index (χ1n) is 4.54. The molecular weight excluding hydrogens is 209 g/mol. The minimum Gasteiger partial charge on any atom is -0.652 e. The molecule has 8 heteroatoms. The predicted molar refractivity (Wildman–Crippen MR) is 43.7 cm³/mol. The summed E-state index contributed by atoms with van der Waals surface area (Å²) in [7, 11) is 0. The van der Waals surface area contributed by atoms with E-state index in [-0.39, 0.29) is 62.5 Å². The maximum Gasteiger partial charge on any atom is 1.00 e. The summed E-state index contributed by atoms with van der Waals surface area (Å²) in [5.41, 5.74) is 0. The molecule has 0 bridgehead atoms. The molecule has 0 aromatic rings.